The number of hydrogen-bond acceptors (Lipinski definition) is 5. The van der Waals surface area contributed by atoms with Gasteiger partial charge in [0.2, 0.25) is 5.92 Å². The number of aryl methyl sites for hydroxylation is 1. The highest BCUT2D eigenvalue weighted by molar-refractivity contribution is 5.93. The summed E-state index contributed by atoms with van der Waals surface area (Å²) < 4.78 is 27.3. The summed E-state index contributed by atoms with van der Waals surface area (Å²) in [5, 5.41) is 4.41. The first-order chi connectivity index (χ1) is 13.9. The number of para-hydroxylation sites is 1. The number of rotatable bonds is 6. The number of hydrogen-bond donors (Lipinski definition) is 0. The van der Waals surface area contributed by atoms with E-state index in [1.54, 1.807) is 6.07 Å². The lowest BCUT2D eigenvalue weighted by Crippen LogP contribution is -2.26. The van der Waals surface area contributed by atoms with Crippen LogP contribution in [-0.2, 0) is 19.4 Å². The van der Waals surface area contributed by atoms with Gasteiger partial charge in [0.15, 0.2) is 0 Å². The van der Waals surface area contributed by atoms with Gasteiger partial charge in [-0.15, -0.1) is 0 Å². The van der Waals surface area contributed by atoms with Crippen molar-refractivity contribution in [1.29, 1.82) is 0 Å². The molecule has 1 aliphatic rings. The Morgan fingerprint density at radius 1 is 1.10 bits per heavy atom. The average Bonchev–Trinajstić information content (AvgIpc) is 3.10. The van der Waals surface area contributed by atoms with Crippen LogP contribution in [0.5, 0.6) is 0 Å². The molecule has 4 rings (SSSR count). The molecule has 0 aliphatic carbocycles. The maximum absolute atomic E-state index is 13.0. The van der Waals surface area contributed by atoms with Crippen molar-refractivity contribution in [2.75, 3.05) is 0 Å². The van der Waals surface area contributed by atoms with E-state index in [1.165, 1.54) is 23.1 Å². The lowest BCUT2D eigenvalue weighted by atomic mass is 10.1. The molecule has 0 fully saturated rings. The second kappa shape index (κ2) is 7.62. The smallest absolute Gasteiger partial charge is 0.267 e. The molecule has 1 aliphatic heterocycles. The standard InChI is InChI=1S/C21H19F2N5O/c1-21(22,23)9-8-19-24-11-15(12-25-19)18-6-7-20(29)28(27-18)13-16-10-14-4-2-3-5-17(14)26-16/h2-7,11-12H,8-10,13H2,1H3. The van der Waals surface area contributed by atoms with Crippen molar-refractivity contribution in [3.8, 4) is 11.3 Å². The lowest BCUT2D eigenvalue weighted by molar-refractivity contribution is 0.0128. The molecular weight excluding hydrogens is 376 g/mol. The third-order valence-corrected chi connectivity index (χ3v) is 4.65. The third-order valence-electron chi connectivity index (χ3n) is 4.65. The number of halogens is 2. The van der Waals surface area contributed by atoms with Gasteiger partial charge < -0.3 is 0 Å². The normalized spacial score (nSPS) is 13.3. The topological polar surface area (TPSA) is 73.0 Å². The van der Waals surface area contributed by atoms with Gasteiger partial charge in [0.25, 0.3) is 5.56 Å². The molecular formula is C21H19F2N5O. The lowest BCUT2D eigenvalue weighted by Gasteiger charge is -2.09. The van der Waals surface area contributed by atoms with Gasteiger partial charge in [-0.3, -0.25) is 9.79 Å². The van der Waals surface area contributed by atoms with Gasteiger partial charge in [0.1, 0.15) is 5.82 Å². The zero-order valence-electron chi connectivity index (χ0n) is 15.8. The number of aromatic nitrogens is 4. The van der Waals surface area contributed by atoms with Crippen LogP contribution in [-0.4, -0.2) is 31.4 Å². The van der Waals surface area contributed by atoms with Crippen molar-refractivity contribution < 1.29 is 8.78 Å². The average molecular weight is 395 g/mol. The highest BCUT2D eigenvalue weighted by atomic mass is 19.3. The fourth-order valence-corrected chi connectivity index (χ4v) is 3.13. The van der Waals surface area contributed by atoms with Gasteiger partial charge in [0.05, 0.1) is 17.9 Å². The molecule has 1 aromatic carbocycles. The van der Waals surface area contributed by atoms with Crippen LogP contribution in [0.2, 0.25) is 0 Å². The number of benzene rings is 1. The molecule has 8 heteroatoms. The van der Waals surface area contributed by atoms with Gasteiger partial charge in [-0.25, -0.2) is 23.4 Å². The summed E-state index contributed by atoms with van der Waals surface area (Å²) in [5.74, 6) is -2.40. The van der Waals surface area contributed by atoms with E-state index >= 15 is 0 Å². The van der Waals surface area contributed by atoms with Crippen molar-refractivity contribution in [3.63, 3.8) is 0 Å². The Morgan fingerprint density at radius 2 is 1.86 bits per heavy atom. The Balaban J connectivity index is 1.51. The van der Waals surface area contributed by atoms with Gasteiger partial charge in [-0.1, -0.05) is 18.2 Å². The van der Waals surface area contributed by atoms with Crippen LogP contribution in [0, 0.1) is 0 Å². The van der Waals surface area contributed by atoms with Gasteiger partial charge >= 0.3 is 0 Å². The number of aliphatic imine (C=N–C) groups is 1. The molecule has 6 nitrogen and oxygen atoms in total. The van der Waals surface area contributed by atoms with Crippen molar-refractivity contribution in [1.82, 2.24) is 19.7 Å². The van der Waals surface area contributed by atoms with Crippen LogP contribution in [0.4, 0.5) is 14.5 Å². The van der Waals surface area contributed by atoms with E-state index in [1.807, 2.05) is 24.3 Å². The second-order valence-electron chi connectivity index (χ2n) is 7.16. The highest BCUT2D eigenvalue weighted by Crippen LogP contribution is 2.26. The predicted octanol–water partition coefficient (Wildman–Crippen LogP) is 3.62. The fourth-order valence-electron chi connectivity index (χ4n) is 3.13. The van der Waals surface area contributed by atoms with Gasteiger partial charge in [-0.05, 0) is 24.6 Å². The Labute approximate surface area is 166 Å². The Bertz CT molecular complexity index is 1120. The fraction of sp³-hybridized carbons (Fsp3) is 0.286. The quantitative estimate of drug-likeness (QED) is 0.639. The van der Waals surface area contributed by atoms with E-state index in [2.05, 4.69) is 20.1 Å². The Morgan fingerprint density at radius 3 is 2.59 bits per heavy atom. The summed E-state index contributed by atoms with van der Waals surface area (Å²) >= 11 is 0. The molecule has 3 aromatic rings. The maximum Gasteiger partial charge on any atom is 0.267 e. The molecule has 0 unspecified atom stereocenters. The van der Waals surface area contributed by atoms with E-state index in [9.17, 15) is 13.6 Å². The second-order valence-corrected chi connectivity index (χ2v) is 7.16. The minimum atomic E-state index is -2.75. The van der Waals surface area contributed by atoms with E-state index in [4.69, 9.17) is 0 Å². The summed E-state index contributed by atoms with van der Waals surface area (Å²) in [6.07, 6.45) is 3.55. The van der Waals surface area contributed by atoms with Crippen LogP contribution in [0.15, 0.2) is 58.6 Å². The van der Waals surface area contributed by atoms with Crippen LogP contribution in [0.25, 0.3) is 11.3 Å². The number of alkyl halides is 2. The van der Waals surface area contributed by atoms with Crippen molar-refractivity contribution in [3.05, 3.63) is 70.5 Å². The van der Waals surface area contributed by atoms with Crippen LogP contribution < -0.4 is 5.56 Å². The molecule has 0 bridgehead atoms. The molecule has 0 radical (unpaired) electrons. The molecule has 0 amide bonds. The van der Waals surface area contributed by atoms with Crippen LogP contribution in [0.1, 0.15) is 24.7 Å². The summed E-state index contributed by atoms with van der Waals surface area (Å²) in [4.78, 5) is 25.1. The largest absolute Gasteiger partial charge is 0.268 e. The molecule has 0 saturated carbocycles. The SMILES string of the molecule is CC(F)(F)CCc1ncc(-c2ccc(=O)n(CC3=Nc4ccccc4C3)n2)cn1. The summed E-state index contributed by atoms with van der Waals surface area (Å²) in [5.41, 5.74) is 3.84. The van der Waals surface area contributed by atoms with Crippen LogP contribution in [0.3, 0.4) is 0 Å². The molecule has 0 atom stereocenters. The predicted molar refractivity (Wildman–Crippen MR) is 106 cm³/mol. The minimum absolute atomic E-state index is 0.0943. The zero-order valence-corrected chi connectivity index (χ0v) is 15.8. The molecule has 148 valence electrons. The minimum Gasteiger partial charge on any atom is -0.268 e. The molecule has 29 heavy (non-hydrogen) atoms. The molecule has 2 aromatic heterocycles. The Kier molecular flexibility index (Phi) is 5.00. The summed E-state index contributed by atoms with van der Waals surface area (Å²) in [6.45, 7) is 1.17. The van der Waals surface area contributed by atoms with E-state index in [0.717, 1.165) is 23.9 Å². The van der Waals surface area contributed by atoms with Crippen molar-refractivity contribution in [2.45, 2.75) is 38.7 Å². The number of fused-ring (bicyclic) bond motifs is 1. The molecule has 0 spiro atoms. The van der Waals surface area contributed by atoms with Crippen LogP contribution >= 0.6 is 0 Å². The summed E-state index contributed by atoms with van der Waals surface area (Å²) in [6, 6.07) is 10.9. The van der Waals surface area contributed by atoms with E-state index < -0.39 is 5.92 Å². The molecule has 0 N–H and O–H groups in total. The van der Waals surface area contributed by atoms with Crippen molar-refractivity contribution >= 4 is 11.4 Å². The van der Waals surface area contributed by atoms with Crippen molar-refractivity contribution in [2.24, 2.45) is 4.99 Å². The first-order valence-electron chi connectivity index (χ1n) is 9.29. The van der Waals surface area contributed by atoms with E-state index in [0.29, 0.717) is 30.0 Å². The molecule has 0 saturated heterocycles. The molecule has 3 heterocycles. The Hall–Kier alpha value is -3.29. The van der Waals surface area contributed by atoms with Gasteiger partial charge in [0, 0.05) is 49.0 Å². The van der Waals surface area contributed by atoms with E-state index in [-0.39, 0.29) is 18.4 Å². The summed E-state index contributed by atoms with van der Waals surface area (Å²) in [7, 11) is 0. The number of nitrogens with zero attached hydrogens (tertiary/aromatic N) is 5. The highest BCUT2D eigenvalue weighted by Gasteiger charge is 2.21. The first-order valence-corrected chi connectivity index (χ1v) is 9.29. The first kappa shape index (κ1) is 19.0. The maximum atomic E-state index is 13.0. The monoisotopic (exact) mass is 395 g/mol. The zero-order chi connectivity index (χ0) is 20.4. The van der Waals surface area contributed by atoms with Gasteiger partial charge in [-0.2, -0.15) is 5.10 Å². The third kappa shape index (κ3) is 4.59.